The molecule has 1 aliphatic carbocycles. The number of halogens is 11. The van der Waals surface area contributed by atoms with Crippen LogP contribution in [0, 0.1) is 29.2 Å². The zero-order valence-corrected chi connectivity index (χ0v) is 23.9. The van der Waals surface area contributed by atoms with Gasteiger partial charge >= 0.3 is 6.43 Å². The first kappa shape index (κ1) is 32.0. The van der Waals surface area contributed by atoms with E-state index >= 15 is 0 Å². The Kier molecular flexibility index (Phi) is 9.15. The Morgan fingerprint density at radius 2 is 1.43 bits per heavy atom. The van der Waals surface area contributed by atoms with Gasteiger partial charge in [0.2, 0.25) is 5.91 Å². The van der Waals surface area contributed by atoms with E-state index in [0.29, 0.717) is 29.8 Å². The second kappa shape index (κ2) is 12.0. The van der Waals surface area contributed by atoms with E-state index in [0.717, 1.165) is 0 Å². The molecular weight excluding hydrogens is 682 g/mol. The highest BCUT2D eigenvalue weighted by molar-refractivity contribution is 6.54. The molecular formula is C25H12Cl5F6N3O3. The Balaban J connectivity index is 1.57. The number of nitrogens with one attached hydrogen (secondary N) is 3. The zero-order valence-electron chi connectivity index (χ0n) is 20.1. The second-order valence-corrected chi connectivity index (χ2v) is 11.4. The van der Waals surface area contributed by atoms with Crippen molar-refractivity contribution in [3.8, 4) is 0 Å². The Morgan fingerprint density at radius 1 is 0.810 bits per heavy atom. The van der Waals surface area contributed by atoms with Gasteiger partial charge in [-0.1, -0.05) is 34.8 Å². The molecule has 42 heavy (non-hydrogen) atoms. The van der Waals surface area contributed by atoms with Crippen LogP contribution in [0.3, 0.4) is 0 Å². The van der Waals surface area contributed by atoms with Crippen molar-refractivity contribution in [2.45, 2.75) is 16.7 Å². The van der Waals surface area contributed by atoms with Crippen LogP contribution in [0.25, 0.3) is 0 Å². The first-order valence-corrected chi connectivity index (χ1v) is 13.1. The molecule has 0 unspecified atom stereocenters. The summed E-state index contributed by atoms with van der Waals surface area (Å²) in [5.41, 5.74) is -3.43. The van der Waals surface area contributed by atoms with Crippen molar-refractivity contribution in [1.29, 1.82) is 0 Å². The number of alkyl halides is 4. The van der Waals surface area contributed by atoms with Crippen LogP contribution in [0.1, 0.15) is 21.8 Å². The molecule has 0 spiro atoms. The van der Waals surface area contributed by atoms with Gasteiger partial charge in [0.15, 0.2) is 17.5 Å². The van der Waals surface area contributed by atoms with E-state index in [2.05, 4.69) is 5.32 Å². The average molecular weight is 694 g/mol. The van der Waals surface area contributed by atoms with E-state index < -0.39 is 86.2 Å². The highest BCUT2D eigenvalue weighted by Gasteiger charge is 2.67. The van der Waals surface area contributed by atoms with Crippen LogP contribution in [-0.2, 0) is 9.59 Å². The maximum atomic E-state index is 14.7. The normalized spacial score (nSPS) is 17.1. The van der Waals surface area contributed by atoms with Crippen molar-refractivity contribution in [2.24, 2.45) is 5.92 Å². The number of carbonyl (C=O) groups excluding carboxylic acids is 3. The summed E-state index contributed by atoms with van der Waals surface area (Å²) < 4.78 is 81.2. The fourth-order valence-corrected chi connectivity index (χ4v) is 5.44. The predicted octanol–water partition coefficient (Wildman–Crippen LogP) is 8.19. The maximum absolute atomic E-state index is 14.7. The third-order valence-electron chi connectivity index (χ3n) is 6.03. The van der Waals surface area contributed by atoms with Crippen LogP contribution < -0.4 is 16.0 Å². The molecule has 0 radical (unpaired) electrons. The first-order chi connectivity index (χ1) is 19.5. The van der Waals surface area contributed by atoms with Gasteiger partial charge in [-0.3, -0.25) is 14.4 Å². The van der Waals surface area contributed by atoms with E-state index in [9.17, 15) is 40.7 Å². The van der Waals surface area contributed by atoms with Gasteiger partial charge in [0.1, 0.15) is 15.8 Å². The van der Waals surface area contributed by atoms with Crippen molar-refractivity contribution in [1.82, 2.24) is 0 Å². The monoisotopic (exact) mass is 691 g/mol. The summed E-state index contributed by atoms with van der Waals surface area (Å²) in [6.07, 6.45) is -3.54. The molecule has 1 fully saturated rings. The molecule has 0 aliphatic heterocycles. The smallest absolute Gasteiger partial charge is 0.315 e. The highest BCUT2D eigenvalue weighted by atomic mass is 35.5. The summed E-state index contributed by atoms with van der Waals surface area (Å²) in [6.45, 7) is 0. The largest absolute Gasteiger partial charge is 0.326 e. The molecule has 1 saturated carbocycles. The van der Waals surface area contributed by atoms with Gasteiger partial charge < -0.3 is 16.0 Å². The molecule has 6 nitrogen and oxygen atoms in total. The van der Waals surface area contributed by atoms with Crippen LogP contribution in [0.2, 0.25) is 15.1 Å². The van der Waals surface area contributed by atoms with Gasteiger partial charge in [0.25, 0.3) is 11.8 Å². The number of carbonyl (C=O) groups is 3. The minimum atomic E-state index is -3.54. The molecule has 3 amide bonds. The third kappa shape index (κ3) is 6.23. The van der Waals surface area contributed by atoms with Crippen LogP contribution in [0.15, 0.2) is 36.4 Å². The minimum Gasteiger partial charge on any atom is -0.326 e. The summed E-state index contributed by atoms with van der Waals surface area (Å²) in [5, 5.41) is 5.54. The Labute approximate surface area is 257 Å². The lowest BCUT2D eigenvalue weighted by molar-refractivity contribution is -0.126. The van der Waals surface area contributed by atoms with E-state index in [1.165, 1.54) is 17.4 Å². The first-order valence-electron chi connectivity index (χ1n) is 11.2. The molecule has 3 N–H and O–H groups in total. The van der Waals surface area contributed by atoms with Crippen LogP contribution in [-0.4, -0.2) is 28.5 Å². The minimum absolute atomic E-state index is 0.0514. The summed E-state index contributed by atoms with van der Waals surface area (Å²) >= 11 is 30.6. The Morgan fingerprint density at radius 3 is 2.02 bits per heavy atom. The SMILES string of the molecule is O=C(Nc1c(F)ccc(NC(=O)C(F)F)c1F)c1cc(NC(=O)[C@H]2[C@H](c3cc(Cl)c(Cl)c(Cl)c3)C2(Cl)Cl)cc(F)c1F. The van der Waals surface area contributed by atoms with Gasteiger partial charge in [-0.05, 0) is 35.9 Å². The number of benzene rings is 3. The molecule has 0 heterocycles. The van der Waals surface area contributed by atoms with Crippen LogP contribution in [0.5, 0.6) is 0 Å². The van der Waals surface area contributed by atoms with Crippen molar-refractivity contribution >= 4 is 92.8 Å². The Hall–Kier alpha value is -2.90. The Bertz CT molecular complexity index is 1620. The summed E-state index contributed by atoms with van der Waals surface area (Å²) in [5.74, 6) is -12.9. The third-order valence-corrected chi connectivity index (χ3v) is 8.16. The molecule has 0 saturated heterocycles. The van der Waals surface area contributed by atoms with Gasteiger partial charge in [-0.2, -0.15) is 8.78 Å². The van der Waals surface area contributed by atoms with Gasteiger partial charge in [-0.25, -0.2) is 17.6 Å². The van der Waals surface area contributed by atoms with Gasteiger partial charge in [0, 0.05) is 17.7 Å². The average Bonchev–Trinajstić information content (AvgIpc) is 3.49. The lowest BCUT2D eigenvalue weighted by Gasteiger charge is -2.13. The number of hydrogen-bond acceptors (Lipinski definition) is 3. The zero-order chi connectivity index (χ0) is 31.3. The van der Waals surface area contributed by atoms with Crippen LogP contribution in [0.4, 0.5) is 43.4 Å². The van der Waals surface area contributed by atoms with Gasteiger partial charge in [0.05, 0.1) is 32.2 Å². The number of hydrogen-bond donors (Lipinski definition) is 3. The van der Waals surface area contributed by atoms with E-state index in [1.54, 1.807) is 5.32 Å². The maximum Gasteiger partial charge on any atom is 0.315 e. The highest BCUT2D eigenvalue weighted by Crippen LogP contribution is 2.65. The van der Waals surface area contributed by atoms with E-state index in [1.807, 2.05) is 0 Å². The van der Waals surface area contributed by atoms with Crippen molar-refractivity contribution in [3.05, 3.63) is 85.9 Å². The van der Waals surface area contributed by atoms with E-state index in [4.69, 9.17) is 58.0 Å². The molecule has 3 aromatic rings. The molecule has 17 heteroatoms. The predicted molar refractivity (Wildman–Crippen MR) is 146 cm³/mol. The molecule has 1 aliphatic rings. The lowest BCUT2D eigenvalue weighted by Crippen LogP contribution is -2.22. The molecule has 3 aromatic carbocycles. The molecule has 4 rings (SSSR count). The quantitative estimate of drug-likeness (QED) is 0.133. The number of amides is 3. The van der Waals surface area contributed by atoms with E-state index in [-0.39, 0.29) is 15.1 Å². The fourth-order valence-electron chi connectivity index (χ4n) is 4.00. The van der Waals surface area contributed by atoms with Crippen molar-refractivity contribution in [2.75, 3.05) is 16.0 Å². The van der Waals surface area contributed by atoms with Crippen LogP contribution >= 0.6 is 58.0 Å². The molecule has 0 aromatic heterocycles. The summed E-state index contributed by atoms with van der Waals surface area (Å²) in [6, 6.07) is 5.07. The molecule has 222 valence electrons. The number of rotatable bonds is 7. The second-order valence-electron chi connectivity index (χ2n) is 8.77. The van der Waals surface area contributed by atoms with Crippen molar-refractivity contribution < 1.29 is 40.7 Å². The van der Waals surface area contributed by atoms with Gasteiger partial charge in [-0.15, -0.1) is 23.2 Å². The summed E-state index contributed by atoms with van der Waals surface area (Å²) in [4.78, 5) is 36.8. The summed E-state index contributed by atoms with van der Waals surface area (Å²) in [7, 11) is 0. The molecule has 2 atom stereocenters. The molecule has 0 bridgehead atoms. The standard InChI is InChI=1S/C25H12Cl5F6N3O3/c26-10-3-7(4-11(27)17(10)28)15-16(25(15,29)30)23(41)37-8-5-9(18(33)13(32)6-8)22(40)39-20-12(31)1-2-14(19(20)34)38-24(42)21(35)36/h1-6,15-16,21H,(H,37,41)(H,38,42)(H,39,40)/t15-,16+/m0/s1. The fraction of sp³-hybridized carbons (Fsp3) is 0.160. The topological polar surface area (TPSA) is 87.3 Å². The number of anilines is 3. The lowest BCUT2D eigenvalue weighted by atomic mass is 10.1. The van der Waals surface area contributed by atoms with Crippen molar-refractivity contribution in [3.63, 3.8) is 0 Å².